The number of hydrogen-bond donors (Lipinski definition) is 3. The molecule has 2 aliphatic heterocycles. The fourth-order valence-electron chi connectivity index (χ4n) is 4.83. The van der Waals surface area contributed by atoms with Gasteiger partial charge in [-0.05, 0) is 45.1 Å². The van der Waals surface area contributed by atoms with E-state index < -0.39 is 6.23 Å². The second kappa shape index (κ2) is 10.4. The Labute approximate surface area is 219 Å². The summed E-state index contributed by atoms with van der Waals surface area (Å²) in [6.07, 6.45) is 7.81. The van der Waals surface area contributed by atoms with Crippen molar-refractivity contribution in [2.24, 2.45) is 7.05 Å². The molecule has 196 valence electrons. The molecule has 0 aromatic carbocycles. The van der Waals surface area contributed by atoms with Gasteiger partial charge in [0.2, 0.25) is 11.8 Å². The van der Waals surface area contributed by atoms with Crippen LogP contribution in [0.15, 0.2) is 36.1 Å². The Balaban J connectivity index is 1.24. The summed E-state index contributed by atoms with van der Waals surface area (Å²) in [5.74, 6) is 0.934. The Morgan fingerprint density at radius 2 is 2.08 bits per heavy atom. The van der Waals surface area contributed by atoms with Crippen LogP contribution in [0.5, 0.6) is 5.88 Å². The summed E-state index contributed by atoms with van der Waals surface area (Å²) in [5, 5.41) is 23.7. The van der Waals surface area contributed by atoms with Crippen molar-refractivity contribution in [2.45, 2.75) is 37.6 Å². The van der Waals surface area contributed by atoms with Gasteiger partial charge in [0.25, 0.3) is 0 Å². The molecule has 0 bridgehead atoms. The number of piperidine rings is 1. The van der Waals surface area contributed by atoms with Crippen LogP contribution < -0.4 is 15.4 Å². The Morgan fingerprint density at radius 1 is 1.22 bits per heavy atom. The molecule has 0 amide bonds. The molecule has 6 heterocycles. The van der Waals surface area contributed by atoms with E-state index in [1.165, 1.54) is 11.3 Å². The highest BCUT2D eigenvalue weighted by molar-refractivity contribution is 7.10. The van der Waals surface area contributed by atoms with Crippen LogP contribution in [0, 0.1) is 0 Å². The summed E-state index contributed by atoms with van der Waals surface area (Å²) in [5.41, 5.74) is 3.28. The highest BCUT2D eigenvalue weighted by Crippen LogP contribution is 2.32. The summed E-state index contributed by atoms with van der Waals surface area (Å²) in [6, 6.07) is 4.21. The molecule has 37 heavy (non-hydrogen) atoms. The van der Waals surface area contributed by atoms with Crippen LogP contribution in [0.3, 0.4) is 0 Å². The SMILES string of the molecule is CN1CCC(NC(O)c2cc(Nc3nc(O[C@H]4CCOC4)c4c(ccn4-c4cnn(C)c4)n3)cs2)CC1. The number of nitrogens with zero attached hydrogens (tertiary/aromatic N) is 6. The van der Waals surface area contributed by atoms with Crippen LogP contribution in [0.2, 0.25) is 0 Å². The van der Waals surface area contributed by atoms with Gasteiger partial charge in [0.15, 0.2) is 0 Å². The number of aliphatic hydroxyl groups excluding tert-OH is 1. The number of likely N-dealkylation sites (tertiary alicyclic amines) is 1. The molecule has 11 nitrogen and oxygen atoms in total. The number of hydrogen-bond acceptors (Lipinski definition) is 10. The van der Waals surface area contributed by atoms with Gasteiger partial charge < -0.3 is 29.4 Å². The average molecular weight is 525 g/mol. The molecule has 2 fully saturated rings. The van der Waals surface area contributed by atoms with Crippen LogP contribution >= 0.6 is 11.3 Å². The minimum Gasteiger partial charge on any atom is -0.470 e. The van der Waals surface area contributed by atoms with Crippen molar-refractivity contribution in [2.75, 3.05) is 38.7 Å². The van der Waals surface area contributed by atoms with E-state index in [0.29, 0.717) is 31.1 Å². The van der Waals surface area contributed by atoms with E-state index in [9.17, 15) is 5.11 Å². The maximum Gasteiger partial charge on any atom is 0.244 e. The van der Waals surface area contributed by atoms with E-state index in [4.69, 9.17) is 19.4 Å². The van der Waals surface area contributed by atoms with Crippen LogP contribution in [-0.2, 0) is 11.8 Å². The van der Waals surface area contributed by atoms with Crippen molar-refractivity contribution in [3.05, 3.63) is 41.0 Å². The second-order valence-electron chi connectivity index (χ2n) is 9.76. The third-order valence-corrected chi connectivity index (χ3v) is 7.88. The first-order valence-electron chi connectivity index (χ1n) is 12.6. The van der Waals surface area contributed by atoms with Crippen molar-refractivity contribution < 1.29 is 14.6 Å². The minimum absolute atomic E-state index is 0.0586. The first kappa shape index (κ1) is 24.3. The van der Waals surface area contributed by atoms with E-state index >= 15 is 0 Å². The summed E-state index contributed by atoms with van der Waals surface area (Å²) in [7, 11) is 4.02. The van der Waals surface area contributed by atoms with Gasteiger partial charge in [-0.25, -0.2) is 4.98 Å². The first-order chi connectivity index (χ1) is 18.0. The van der Waals surface area contributed by atoms with Gasteiger partial charge in [-0.3, -0.25) is 10.00 Å². The lowest BCUT2D eigenvalue weighted by Crippen LogP contribution is -2.42. The highest BCUT2D eigenvalue weighted by Gasteiger charge is 2.23. The highest BCUT2D eigenvalue weighted by atomic mass is 32.1. The monoisotopic (exact) mass is 524 g/mol. The van der Waals surface area contributed by atoms with Gasteiger partial charge >= 0.3 is 0 Å². The molecule has 0 aliphatic carbocycles. The Kier molecular flexibility index (Phi) is 6.82. The zero-order valence-electron chi connectivity index (χ0n) is 21.0. The summed E-state index contributed by atoms with van der Waals surface area (Å²) in [4.78, 5) is 12.7. The maximum atomic E-state index is 10.8. The molecule has 0 spiro atoms. The topological polar surface area (TPSA) is 115 Å². The molecule has 6 rings (SSSR count). The zero-order chi connectivity index (χ0) is 25.4. The average Bonchev–Trinajstić information content (AvgIpc) is 3.68. The molecular weight excluding hydrogens is 492 g/mol. The molecular formula is C25H32N8O3S. The number of anilines is 2. The number of ether oxygens (including phenoxy) is 2. The van der Waals surface area contributed by atoms with Crippen molar-refractivity contribution >= 4 is 34.0 Å². The van der Waals surface area contributed by atoms with Crippen molar-refractivity contribution in [1.82, 2.24) is 34.5 Å². The largest absolute Gasteiger partial charge is 0.470 e. The summed E-state index contributed by atoms with van der Waals surface area (Å²) >= 11 is 1.50. The van der Waals surface area contributed by atoms with Crippen LogP contribution in [0.25, 0.3) is 16.7 Å². The van der Waals surface area contributed by atoms with Crippen LogP contribution in [-0.4, -0.2) is 79.8 Å². The Bertz CT molecular complexity index is 1350. The van der Waals surface area contributed by atoms with E-state index in [1.807, 2.05) is 41.5 Å². The predicted octanol–water partition coefficient (Wildman–Crippen LogP) is 2.80. The van der Waals surface area contributed by atoms with E-state index in [1.54, 1.807) is 10.9 Å². The molecule has 0 radical (unpaired) electrons. The van der Waals surface area contributed by atoms with Gasteiger partial charge in [0, 0.05) is 42.2 Å². The van der Waals surface area contributed by atoms with Gasteiger partial charge in [-0.1, -0.05) is 0 Å². The number of aromatic nitrogens is 5. The Hall–Kier alpha value is -3.03. The fraction of sp³-hybridized carbons (Fsp3) is 0.480. The summed E-state index contributed by atoms with van der Waals surface area (Å²) < 4.78 is 15.6. The lowest BCUT2D eigenvalue weighted by atomic mass is 10.1. The molecule has 4 aromatic rings. The first-order valence-corrected chi connectivity index (χ1v) is 13.5. The lowest BCUT2D eigenvalue weighted by molar-refractivity contribution is 0.107. The number of nitrogens with one attached hydrogen (secondary N) is 2. The van der Waals surface area contributed by atoms with E-state index in [2.05, 4.69) is 27.7 Å². The normalized spacial score (nSPS) is 20.0. The molecule has 3 N–H and O–H groups in total. The van der Waals surface area contributed by atoms with Crippen LogP contribution in [0.1, 0.15) is 30.4 Å². The third-order valence-electron chi connectivity index (χ3n) is 6.89. The van der Waals surface area contributed by atoms with Gasteiger partial charge in [0.1, 0.15) is 17.8 Å². The minimum atomic E-state index is -0.702. The van der Waals surface area contributed by atoms with Crippen molar-refractivity contribution in [1.29, 1.82) is 0 Å². The summed E-state index contributed by atoms with van der Waals surface area (Å²) in [6.45, 7) is 3.31. The van der Waals surface area contributed by atoms with E-state index in [-0.39, 0.29) is 6.10 Å². The molecule has 2 aliphatic rings. The van der Waals surface area contributed by atoms with Crippen LogP contribution in [0.4, 0.5) is 11.6 Å². The van der Waals surface area contributed by atoms with E-state index in [0.717, 1.165) is 59.6 Å². The quantitative estimate of drug-likeness (QED) is 0.299. The number of thiophene rings is 1. The lowest BCUT2D eigenvalue weighted by Gasteiger charge is -2.30. The smallest absolute Gasteiger partial charge is 0.244 e. The number of aliphatic hydroxyl groups is 1. The molecule has 2 atom stereocenters. The molecule has 12 heteroatoms. The van der Waals surface area contributed by atoms with Gasteiger partial charge in [-0.2, -0.15) is 10.1 Å². The molecule has 1 unspecified atom stereocenters. The number of fused-ring (bicyclic) bond motifs is 1. The van der Waals surface area contributed by atoms with Gasteiger partial charge in [-0.15, -0.1) is 11.3 Å². The fourth-order valence-corrected chi connectivity index (χ4v) is 5.62. The third kappa shape index (κ3) is 5.34. The van der Waals surface area contributed by atoms with Crippen molar-refractivity contribution in [3.63, 3.8) is 0 Å². The predicted molar refractivity (Wildman–Crippen MR) is 142 cm³/mol. The van der Waals surface area contributed by atoms with Crippen molar-refractivity contribution in [3.8, 4) is 11.6 Å². The molecule has 2 saturated heterocycles. The number of rotatable bonds is 8. The standard InChI is InChI=1S/C25H32N8O3S/c1-31-7-3-16(4-8-31)27-23(34)21-11-17(15-37-21)28-25-29-20-5-9-33(18-12-26-32(2)13-18)22(20)24(30-25)36-19-6-10-35-14-19/h5,9,11-13,15-16,19,23,27,34H,3-4,6-8,10,14H2,1-2H3,(H,28,29,30)/t19-,23?/m0/s1. The second-order valence-corrected chi connectivity index (χ2v) is 10.7. The van der Waals surface area contributed by atoms with Gasteiger partial charge in [0.05, 0.1) is 36.3 Å². The maximum absolute atomic E-state index is 10.8. The number of aryl methyl sites for hydroxylation is 1. The Morgan fingerprint density at radius 3 is 2.84 bits per heavy atom. The molecule has 0 saturated carbocycles. The zero-order valence-corrected chi connectivity index (χ0v) is 21.8. The molecule has 4 aromatic heterocycles.